The SMILES string of the molecule is Cc1ccc2[nH]cc(C(CN)C3CCN(CCO)CC3)c2c1. The number of nitrogens with one attached hydrogen (secondary N) is 1. The number of aromatic amines is 1. The summed E-state index contributed by atoms with van der Waals surface area (Å²) in [4.78, 5) is 5.75. The standard InChI is InChI=1S/C18H27N3O/c1-13-2-3-18-15(10-13)17(12-20-18)16(11-19)14-4-6-21(7-5-14)8-9-22/h2-3,10,12,14,16,20,22H,4-9,11,19H2,1H3. The monoisotopic (exact) mass is 301 g/mol. The largest absolute Gasteiger partial charge is 0.395 e. The van der Waals surface area contributed by atoms with Crippen LogP contribution in [-0.2, 0) is 0 Å². The molecule has 1 aromatic heterocycles. The molecule has 0 saturated carbocycles. The number of piperidine rings is 1. The van der Waals surface area contributed by atoms with E-state index in [9.17, 15) is 0 Å². The van der Waals surface area contributed by atoms with Gasteiger partial charge in [0.1, 0.15) is 0 Å². The van der Waals surface area contributed by atoms with Crippen LogP contribution in [0.4, 0.5) is 0 Å². The quantitative estimate of drug-likeness (QED) is 0.793. The number of likely N-dealkylation sites (tertiary alicyclic amines) is 1. The first-order valence-corrected chi connectivity index (χ1v) is 8.34. The second-order valence-corrected chi connectivity index (χ2v) is 6.54. The van der Waals surface area contributed by atoms with Crippen LogP contribution in [0.25, 0.3) is 10.9 Å². The van der Waals surface area contributed by atoms with Crippen LogP contribution in [-0.4, -0.2) is 47.8 Å². The van der Waals surface area contributed by atoms with E-state index in [-0.39, 0.29) is 6.61 Å². The maximum absolute atomic E-state index is 9.07. The van der Waals surface area contributed by atoms with Crippen molar-refractivity contribution in [2.75, 3.05) is 32.8 Å². The van der Waals surface area contributed by atoms with Gasteiger partial charge in [0.2, 0.25) is 0 Å². The van der Waals surface area contributed by atoms with E-state index in [1.54, 1.807) is 0 Å². The summed E-state index contributed by atoms with van der Waals surface area (Å²) in [5.41, 5.74) is 10.0. The average Bonchev–Trinajstić information content (AvgIpc) is 2.93. The Balaban J connectivity index is 1.80. The van der Waals surface area contributed by atoms with Gasteiger partial charge in [0.15, 0.2) is 0 Å². The van der Waals surface area contributed by atoms with Gasteiger partial charge in [0.05, 0.1) is 6.61 Å². The minimum Gasteiger partial charge on any atom is -0.395 e. The highest BCUT2D eigenvalue weighted by atomic mass is 16.3. The summed E-state index contributed by atoms with van der Waals surface area (Å²) in [6.45, 7) is 6.04. The van der Waals surface area contributed by atoms with Crippen LogP contribution in [0.5, 0.6) is 0 Å². The zero-order chi connectivity index (χ0) is 15.5. The molecule has 4 heteroatoms. The van der Waals surface area contributed by atoms with Gasteiger partial charge >= 0.3 is 0 Å². The number of hydrogen-bond donors (Lipinski definition) is 3. The van der Waals surface area contributed by atoms with Gasteiger partial charge in [-0.05, 0) is 63.0 Å². The van der Waals surface area contributed by atoms with Crippen LogP contribution in [0.2, 0.25) is 0 Å². The predicted octanol–water partition coefficient (Wildman–Crippen LogP) is 2.22. The zero-order valence-corrected chi connectivity index (χ0v) is 13.4. The predicted molar refractivity (Wildman–Crippen MR) is 91.1 cm³/mol. The molecule has 0 aliphatic carbocycles. The van der Waals surface area contributed by atoms with E-state index in [0.29, 0.717) is 18.4 Å². The Morgan fingerprint density at radius 2 is 2.14 bits per heavy atom. The second-order valence-electron chi connectivity index (χ2n) is 6.54. The van der Waals surface area contributed by atoms with Gasteiger partial charge in [0, 0.05) is 29.6 Å². The maximum Gasteiger partial charge on any atom is 0.0558 e. The molecule has 0 spiro atoms. The number of aryl methyl sites for hydroxylation is 1. The summed E-state index contributed by atoms with van der Waals surface area (Å²) in [5.74, 6) is 1.06. The molecule has 1 unspecified atom stereocenters. The summed E-state index contributed by atoms with van der Waals surface area (Å²) < 4.78 is 0. The van der Waals surface area contributed by atoms with Crippen molar-refractivity contribution in [1.29, 1.82) is 0 Å². The number of aliphatic hydroxyl groups excluding tert-OH is 1. The van der Waals surface area contributed by atoms with E-state index in [1.807, 2.05) is 0 Å². The first-order chi connectivity index (χ1) is 10.7. The fourth-order valence-corrected chi connectivity index (χ4v) is 3.86. The minimum atomic E-state index is 0.257. The molecule has 120 valence electrons. The number of aromatic nitrogens is 1. The van der Waals surface area contributed by atoms with Crippen molar-refractivity contribution < 1.29 is 5.11 Å². The molecule has 0 bridgehead atoms. The molecule has 1 aliphatic rings. The smallest absolute Gasteiger partial charge is 0.0558 e. The van der Waals surface area contributed by atoms with Gasteiger partial charge in [-0.2, -0.15) is 0 Å². The Labute approximate surface area is 132 Å². The number of nitrogens with zero attached hydrogens (tertiary/aromatic N) is 1. The topological polar surface area (TPSA) is 65.3 Å². The number of H-pyrrole nitrogens is 1. The lowest BCUT2D eigenvalue weighted by molar-refractivity contribution is 0.138. The lowest BCUT2D eigenvalue weighted by Crippen LogP contribution is -2.38. The van der Waals surface area contributed by atoms with E-state index in [0.717, 1.165) is 19.6 Å². The van der Waals surface area contributed by atoms with Crippen molar-refractivity contribution in [3.63, 3.8) is 0 Å². The Kier molecular flexibility index (Phi) is 4.81. The number of fused-ring (bicyclic) bond motifs is 1. The number of aliphatic hydroxyl groups is 1. The fraction of sp³-hybridized carbons (Fsp3) is 0.556. The van der Waals surface area contributed by atoms with Crippen LogP contribution in [0.15, 0.2) is 24.4 Å². The molecule has 4 nitrogen and oxygen atoms in total. The van der Waals surface area contributed by atoms with Crippen LogP contribution in [0.1, 0.15) is 29.9 Å². The summed E-state index contributed by atoms with van der Waals surface area (Å²) in [7, 11) is 0. The van der Waals surface area contributed by atoms with Crippen LogP contribution in [0, 0.1) is 12.8 Å². The molecule has 1 fully saturated rings. The van der Waals surface area contributed by atoms with Gasteiger partial charge in [-0.25, -0.2) is 0 Å². The third-order valence-electron chi connectivity index (χ3n) is 5.14. The minimum absolute atomic E-state index is 0.257. The Hall–Kier alpha value is -1.36. The third kappa shape index (κ3) is 3.05. The fourth-order valence-electron chi connectivity index (χ4n) is 3.86. The van der Waals surface area contributed by atoms with Crippen molar-refractivity contribution >= 4 is 10.9 Å². The highest BCUT2D eigenvalue weighted by molar-refractivity contribution is 5.84. The van der Waals surface area contributed by atoms with E-state index in [4.69, 9.17) is 10.8 Å². The third-order valence-corrected chi connectivity index (χ3v) is 5.14. The molecule has 0 radical (unpaired) electrons. The number of β-amino-alcohol motifs (C(OH)–C–C–N with tert-alkyl or cyclic N) is 1. The van der Waals surface area contributed by atoms with E-state index >= 15 is 0 Å². The molecule has 1 aliphatic heterocycles. The van der Waals surface area contributed by atoms with Crippen molar-refractivity contribution in [2.45, 2.75) is 25.7 Å². The van der Waals surface area contributed by atoms with Crippen LogP contribution < -0.4 is 5.73 Å². The van der Waals surface area contributed by atoms with Crippen molar-refractivity contribution in [1.82, 2.24) is 9.88 Å². The summed E-state index contributed by atoms with van der Waals surface area (Å²) in [5, 5.41) is 10.4. The average molecular weight is 301 g/mol. The molecule has 2 aromatic rings. The van der Waals surface area contributed by atoms with Gasteiger partial charge < -0.3 is 20.7 Å². The van der Waals surface area contributed by atoms with E-state index in [2.05, 4.69) is 41.2 Å². The van der Waals surface area contributed by atoms with Crippen molar-refractivity contribution in [2.24, 2.45) is 11.7 Å². The molecule has 1 atom stereocenters. The first-order valence-electron chi connectivity index (χ1n) is 8.34. The zero-order valence-electron chi connectivity index (χ0n) is 13.4. The number of hydrogen-bond acceptors (Lipinski definition) is 3. The Bertz CT molecular complexity index is 614. The van der Waals surface area contributed by atoms with Gasteiger partial charge in [-0.1, -0.05) is 11.6 Å². The van der Waals surface area contributed by atoms with Crippen LogP contribution in [0.3, 0.4) is 0 Å². The van der Waals surface area contributed by atoms with E-state index < -0.39 is 0 Å². The lowest BCUT2D eigenvalue weighted by Gasteiger charge is -2.35. The normalized spacial score (nSPS) is 18.9. The highest BCUT2D eigenvalue weighted by Crippen LogP contribution is 2.35. The highest BCUT2D eigenvalue weighted by Gasteiger charge is 2.28. The Morgan fingerprint density at radius 1 is 1.36 bits per heavy atom. The lowest BCUT2D eigenvalue weighted by atomic mass is 9.80. The number of nitrogens with two attached hydrogens (primary N) is 1. The molecule has 0 amide bonds. The number of rotatable bonds is 5. The molecule has 22 heavy (non-hydrogen) atoms. The summed E-state index contributed by atoms with van der Waals surface area (Å²) >= 11 is 0. The second kappa shape index (κ2) is 6.82. The number of benzene rings is 1. The molecule has 1 saturated heterocycles. The van der Waals surface area contributed by atoms with Gasteiger partial charge in [0.25, 0.3) is 0 Å². The van der Waals surface area contributed by atoms with Crippen molar-refractivity contribution in [3.8, 4) is 0 Å². The maximum atomic E-state index is 9.07. The molecule has 4 N–H and O–H groups in total. The van der Waals surface area contributed by atoms with Gasteiger partial charge in [-0.3, -0.25) is 0 Å². The Morgan fingerprint density at radius 3 is 2.82 bits per heavy atom. The molecule has 3 rings (SSSR count). The molecule has 1 aromatic carbocycles. The van der Waals surface area contributed by atoms with Gasteiger partial charge in [-0.15, -0.1) is 0 Å². The summed E-state index contributed by atoms with van der Waals surface area (Å²) in [6, 6.07) is 6.57. The van der Waals surface area contributed by atoms with Crippen molar-refractivity contribution in [3.05, 3.63) is 35.5 Å². The first kappa shape index (κ1) is 15.5. The van der Waals surface area contributed by atoms with Crippen LogP contribution >= 0.6 is 0 Å². The molecule has 2 heterocycles. The summed E-state index contributed by atoms with van der Waals surface area (Å²) in [6.07, 6.45) is 4.49. The molecular weight excluding hydrogens is 274 g/mol. The van der Waals surface area contributed by atoms with E-state index in [1.165, 1.54) is 34.9 Å². The molecular formula is C18H27N3O.